The molecule has 13 nitrogen and oxygen atoms in total. The number of rotatable bonds is 38. The van der Waals surface area contributed by atoms with Crippen molar-refractivity contribution in [2.24, 2.45) is 0 Å². The Kier molecular flexibility index (Phi) is 36.9. The van der Waals surface area contributed by atoms with Crippen LogP contribution in [0.25, 0.3) is 0 Å². The van der Waals surface area contributed by atoms with Gasteiger partial charge in [-0.3, -0.25) is 0 Å². The van der Waals surface area contributed by atoms with Gasteiger partial charge in [0, 0.05) is 12.2 Å². The zero-order valence-corrected chi connectivity index (χ0v) is 27.4. The number of unbranched alkanes of at least 4 members (excludes halogenated alkanes) is 2. The normalized spacial score (nSPS) is 11.3. The monoisotopic (exact) mass is 640 g/mol. The molecule has 44 heavy (non-hydrogen) atoms. The Morgan fingerprint density at radius 2 is 0.614 bits per heavy atom. The maximum Gasteiger partial charge on any atom is 0.333 e. The van der Waals surface area contributed by atoms with Crippen LogP contribution in [0.1, 0.15) is 33.1 Å². The Morgan fingerprint density at radius 1 is 0.386 bits per heavy atom. The van der Waals surface area contributed by atoms with Crippen LogP contribution in [0.5, 0.6) is 0 Å². The topological polar surface area (TPSA) is 128 Å². The van der Waals surface area contributed by atoms with Crippen LogP contribution >= 0.6 is 0 Å². The molecule has 0 bridgehead atoms. The van der Waals surface area contributed by atoms with Gasteiger partial charge in [-0.05, 0) is 13.3 Å². The summed E-state index contributed by atoms with van der Waals surface area (Å²) in [6.45, 7) is 18.9. The first kappa shape index (κ1) is 42.8. The molecule has 0 radical (unpaired) electrons. The van der Waals surface area contributed by atoms with Crippen molar-refractivity contribution in [2.45, 2.75) is 33.1 Å². The Bertz CT molecular complexity index is 595. The van der Waals surface area contributed by atoms with E-state index in [-0.39, 0.29) is 6.61 Å². The molecule has 0 aromatic rings. The van der Waals surface area contributed by atoms with Crippen LogP contribution in [-0.2, 0) is 61.6 Å². The quantitative estimate of drug-likeness (QED) is 0.0558. The van der Waals surface area contributed by atoms with E-state index >= 15 is 0 Å². The lowest BCUT2D eigenvalue weighted by atomic mass is 10.3. The van der Waals surface area contributed by atoms with Gasteiger partial charge in [-0.2, -0.15) is 0 Å². The highest BCUT2D eigenvalue weighted by Crippen LogP contribution is 1.94. The highest BCUT2D eigenvalue weighted by molar-refractivity contribution is 5.86. The first-order valence-corrected chi connectivity index (χ1v) is 15.9. The molecule has 0 rings (SSSR count). The van der Waals surface area contributed by atoms with Gasteiger partial charge in [0.2, 0.25) is 0 Å². The van der Waals surface area contributed by atoms with Crippen molar-refractivity contribution in [1.29, 1.82) is 0 Å². The van der Waals surface area contributed by atoms with Gasteiger partial charge in [-0.15, -0.1) is 0 Å². The van der Waals surface area contributed by atoms with Crippen molar-refractivity contribution in [1.82, 2.24) is 0 Å². The summed E-state index contributed by atoms with van der Waals surface area (Å²) < 4.78 is 64.8. The average Bonchev–Trinajstić information content (AvgIpc) is 3.02. The first-order valence-electron chi connectivity index (χ1n) is 15.9. The van der Waals surface area contributed by atoms with E-state index in [0.29, 0.717) is 144 Å². The van der Waals surface area contributed by atoms with Crippen molar-refractivity contribution in [3.05, 3.63) is 12.2 Å². The van der Waals surface area contributed by atoms with E-state index in [1.54, 1.807) is 6.92 Å². The minimum absolute atomic E-state index is 0.201. The third kappa shape index (κ3) is 37.0. The van der Waals surface area contributed by atoms with Crippen molar-refractivity contribution < 1.29 is 61.6 Å². The van der Waals surface area contributed by atoms with Crippen LogP contribution in [0.2, 0.25) is 0 Å². The van der Waals surface area contributed by atoms with Gasteiger partial charge in [0.1, 0.15) is 6.61 Å². The average molecular weight is 641 g/mol. The lowest BCUT2D eigenvalue weighted by molar-refractivity contribution is -0.140. The van der Waals surface area contributed by atoms with Crippen LogP contribution in [0.4, 0.5) is 0 Å². The lowest BCUT2D eigenvalue weighted by Crippen LogP contribution is -2.15. The Labute approximate surface area is 265 Å². The fraction of sp³-hybridized carbons (Fsp3) is 0.903. The summed E-state index contributed by atoms with van der Waals surface area (Å²) in [7, 11) is 0. The lowest BCUT2D eigenvalue weighted by Gasteiger charge is -2.09. The molecule has 0 unspecified atom stereocenters. The second kappa shape index (κ2) is 38.0. The van der Waals surface area contributed by atoms with E-state index in [0.717, 1.165) is 13.0 Å². The largest absolute Gasteiger partial charge is 0.460 e. The summed E-state index contributed by atoms with van der Waals surface area (Å²) in [5.74, 6) is -0.411. The Hall–Kier alpha value is -1.23. The van der Waals surface area contributed by atoms with Gasteiger partial charge < -0.3 is 56.8 Å². The molecular weight excluding hydrogens is 580 g/mol. The summed E-state index contributed by atoms with van der Waals surface area (Å²) >= 11 is 0. The van der Waals surface area contributed by atoms with Crippen molar-refractivity contribution >= 4 is 5.97 Å². The van der Waals surface area contributed by atoms with Crippen LogP contribution < -0.4 is 0 Å². The fourth-order valence-electron chi connectivity index (χ4n) is 3.07. The van der Waals surface area contributed by atoms with Gasteiger partial charge in [0.05, 0.1) is 139 Å². The maximum absolute atomic E-state index is 11.2. The SMILES string of the molecule is C=C(C)C(=O)OCCOCCOCCOCCOCCOCCOCCOCCOCCOCCOCCOCCCCC. The van der Waals surface area contributed by atoms with Crippen LogP contribution in [0.15, 0.2) is 12.2 Å². The molecule has 0 aromatic carbocycles. The van der Waals surface area contributed by atoms with Crippen molar-refractivity contribution in [3.63, 3.8) is 0 Å². The molecule has 262 valence electrons. The number of carbonyl (C=O) groups excluding carboxylic acids is 1. The van der Waals surface area contributed by atoms with Crippen LogP contribution in [0, 0.1) is 0 Å². The van der Waals surface area contributed by atoms with Crippen molar-refractivity contribution in [2.75, 3.05) is 152 Å². The van der Waals surface area contributed by atoms with E-state index in [9.17, 15) is 4.79 Å². The van der Waals surface area contributed by atoms with E-state index < -0.39 is 5.97 Å². The number of hydrogen-bond acceptors (Lipinski definition) is 13. The van der Waals surface area contributed by atoms with Gasteiger partial charge in [-0.25, -0.2) is 4.79 Å². The van der Waals surface area contributed by atoms with Gasteiger partial charge in [0.15, 0.2) is 0 Å². The highest BCUT2D eigenvalue weighted by atomic mass is 16.6. The number of esters is 1. The van der Waals surface area contributed by atoms with Gasteiger partial charge >= 0.3 is 5.97 Å². The first-order chi connectivity index (χ1) is 21.7. The standard InChI is InChI=1S/C31H60O13/c1-4-5-6-7-33-8-9-34-10-11-35-12-13-36-14-15-37-16-17-38-18-19-39-20-21-40-22-23-41-24-25-42-26-27-43-28-29-44-31(32)30(2)3/h2,4-29H2,1,3H3. The van der Waals surface area contributed by atoms with E-state index in [2.05, 4.69) is 13.5 Å². The third-order valence-corrected chi connectivity index (χ3v) is 5.42. The van der Waals surface area contributed by atoms with Crippen molar-refractivity contribution in [3.8, 4) is 0 Å². The molecule has 0 aromatic heterocycles. The van der Waals surface area contributed by atoms with Gasteiger partial charge in [0.25, 0.3) is 0 Å². The summed E-state index contributed by atoms with van der Waals surface area (Å²) in [5, 5.41) is 0. The smallest absolute Gasteiger partial charge is 0.333 e. The van der Waals surface area contributed by atoms with E-state index in [1.807, 2.05) is 0 Å². The zero-order valence-electron chi connectivity index (χ0n) is 27.4. The molecule has 0 fully saturated rings. The van der Waals surface area contributed by atoms with Crippen LogP contribution in [-0.4, -0.2) is 158 Å². The molecule has 0 amide bonds. The summed E-state index contributed by atoms with van der Waals surface area (Å²) in [6.07, 6.45) is 3.53. The maximum atomic E-state index is 11.2. The molecule has 0 spiro atoms. The summed E-state index contributed by atoms with van der Waals surface area (Å²) in [6, 6.07) is 0. The minimum atomic E-state index is -0.411. The highest BCUT2D eigenvalue weighted by Gasteiger charge is 2.02. The number of hydrogen-bond donors (Lipinski definition) is 0. The zero-order chi connectivity index (χ0) is 32.0. The predicted molar refractivity (Wildman–Crippen MR) is 164 cm³/mol. The number of ether oxygens (including phenoxy) is 12. The molecule has 0 aliphatic carbocycles. The summed E-state index contributed by atoms with van der Waals surface area (Å²) in [4.78, 5) is 11.2. The molecule has 0 atom stereocenters. The number of carbonyl (C=O) groups is 1. The molecular formula is C31H60O13. The second-order valence-electron chi connectivity index (χ2n) is 9.36. The van der Waals surface area contributed by atoms with E-state index in [1.165, 1.54) is 12.8 Å². The van der Waals surface area contributed by atoms with E-state index in [4.69, 9.17) is 56.8 Å². The summed E-state index contributed by atoms with van der Waals surface area (Å²) in [5.41, 5.74) is 0.371. The molecule has 0 aliphatic heterocycles. The molecule has 0 heterocycles. The third-order valence-electron chi connectivity index (χ3n) is 5.42. The Balaban J connectivity index is 3.06. The molecule has 0 aliphatic rings. The molecule has 13 heteroatoms. The minimum Gasteiger partial charge on any atom is -0.460 e. The molecule has 0 N–H and O–H groups in total. The molecule has 0 saturated heterocycles. The molecule has 0 saturated carbocycles. The fourth-order valence-corrected chi connectivity index (χ4v) is 3.07. The predicted octanol–water partition coefficient (Wildman–Crippen LogP) is 2.48. The Morgan fingerprint density at radius 3 is 0.841 bits per heavy atom. The second-order valence-corrected chi connectivity index (χ2v) is 9.36. The van der Waals surface area contributed by atoms with Gasteiger partial charge in [-0.1, -0.05) is 26.3 Å². The van der Waals surface area contributed by atoms with Crippen LogP contribution in [0.3, 0.4) is 0 Å².